The van der Waals surface area contributed by atoms with Crippen LogP contribution < -0.4 is 0 Å². The van der Waals surface area contributed by atoms with Gasteiger partial charge in [-0.2, -0.15) is 0 Å². The summed E-state index contributed by atoms with van der Waals surface area (Å²) in [6.45, 7) is 6.16. The summed E-state index contributed by atoms with van der Waals surface area (Å²) >= 11 is 0. The van der Waals surface area contributed by atoms with Crippen LogP contribution in [0, 0.1) is 0 Å². The SMILES string of the molecule is CCCCCCC=CC=CC(CCCCCCCC(=O)OCC(COC(=O)CCCCCCCC=CC=CC(CCCCC)OO)OC(=O)CCCCCCCC=CC=CC(CCCCC)OO)OO. The van der Waals surface area contributed by atoms with E-state index in [0.29, 0.717) is 25.7 Å². The van der Waals surface area contributed by atoms with Gasteiger partial charge in [-0.3, -0.25) is 30.2 Å². The molecular weight excluding hydrogens is 889 g/mol. The Morgan fingerprint density at radius 3 is 1.04 bits per heavy atom. The van der Waals surface area contributed by atoms with Crippen molar-refractivity contribution in [3.05, 3.63) is 72.9 Å². The highest BCUT2D eigenvalue weighted by Crippen LogP contribution is 2.15. The fourth-order valence-electron chi connectivity index (χ4n) is 7.67. The lowest BCUT2D eigenvalue weighted by Gasteiger charge is -2.18. The summed E-state index contributed by atoms with van der Waals surface area (Å²) in [6, 6.07) is 0. The quantitative estimate of drug-likeness (QED) is 0.0132. The summed E-state index contributed by atoms with van der Waals surface area (Å²) in [4.78, 5) is 51.9. The van der Waals surface area contributed by atoms with Gasteiger partial charge in [0, 0.05) is 19.3 Å². The number of esters is 3. The topological polar surface area (TPSA) is 167 Å². The van der Waals surface area contributed by atoms with Crippen LogP contribution >= 0.6 is 0 Å². The monoisotopic (exact) mass is 989 g/mol. The van der Waals surface area contributed by atoms with Crippen LogP contribution in [0.3, 0.4) is 0 Å². The Morgan fingerprint density at radius 2 is 0.671 bits per heavy atom. The third kappa shape index (κ3) is 47.0. The van der Waals surface area contributed by atoms with Crippen LogP contribution in [0.5, 0.6) is 0 Å². The number of carbonyl (C=O) groups is 3. The highest BCUT2D eigenvalue weighted by atomic mass is 17.1. The van der Waals surface area contributed by atoms with Crippen LogP contribution in [0.15, 0.2) is 72.9 Å². The van der Waals surface area contributed by atoms with Crippen molar-refractivity contribution in [2.75, 3.05) is 13.2 Å². The fraction of sp³-hybridized carbons (Fsp3) is 0.741. The van der Waals surface area contributed by atoms with E-state index in [9.17, 15) is 19.6 Å². The minimum Gasteiger partial charge on any atom is -0.462 e. The van der Waals surface area contributed by atoms with E-state index >= 15 is 0 Å². The average Bonchev–Trinajstić information content (AvgIpc) is 3.36. The maximum Gasteiger partial charge on any atom is 0.306 e. The molecule has 0 aromatic rings. The van der Waals surface area contributed by atoms with Crippen molar-refractivity contribution in [2.24, 2.45) is 0 Å². The second-order valence-corrected chi connectivity index (χ2v) is 18.6. The summed E-state index contributed by atoms with van der Waals surface area (Å²) in [6.07, 6.45) is 53.2. The van der Waals surface area contributed by atoms with Gasteiger partial charge in [0.15, 0.2) is 6.10 Å². The van der Waals surface area contributed by atoms with Gasteiger partial charge in [-0.25, -0.2) is 14.7 Å². The zero-order chi connectivity index (χ0) is 51.2. The normalized spacial score (nSPS) is 14.0. The first-order valence-electron chi connectivity index (χ1n) is 27.7. The van der Waals surface area contributed by atoms with E-state index in [1.54, 1.807) is 0 Å². The first kappa shape index (κ1) is 66.6. The number of carbonyl (C=O) groups excluding carboxylic acids is 3. The molecule has 0 aliphatic heterocycles. The van der Waals surface area contributed by atoms with Crippen molar-refractivity contribution in [3.63, 3.8) is 0 Å². The number of ether oxygens (including phenoxy) is 3. The molecule has 0 aliphatic carbocycles. The first-order valence-corrected chi connectivity index (χ1v) is 27.7. The molecule has 0 aromatic carbocycles. The van der Waals surface area contributed by atoms with Crippen LogP contribution in [0.1, 0.15) is 239 Å². The van der Waals surface area contributed by atoms with E-state index in [0.717, 1.165) is 148 Å². The molecule has 404 valence electrons. The zero-order valence-electron chi connectivity index (χ0n) is 44.2. The molecule has 0 fully saturated rings. The standard InChI is InChI=1S/C58H100O12/c1-4-7-10-11-12-19-25-36-45-54(70-64)46-37-28-24-31-39-48-57(60)66-51-55(67-58(61)49-40-30-23-18-14-16-21-27-35-44-53(69-63)42-33-9-6-3)50-65-56(59)47-38-29-22-17-13-15-20-26-34-43-52(68-62)41-32-8-5-2/h19-21,25-27,34-36,43-45,52-55,62-64H,4-18,22-24,28-33,37-42,46-51H2,1-3H3. The molecular formula is C58H100O12. The summed E-state index contributed by atoms with van der Waals surface area (Å²) in [5.41, 5.74) is 0. The van der Waals surface area contributed by atoms with E-state index in [4.69, 9.17) is 24.7 Å². The first-order chi connectivity index (χ1) is 34.3. The largest absolute Gasteiger partial charge is 0.462 e. The third-order valence-electron chi connectivity index (χ3n) is 12.1. The Balaban J connectivity index is 4.70. The Labute approximate surface area is 425 Å². The van der Waals surface area contributed by atoms with E-state index in [1.807, 2.05) is 54.7 Å². The summed E-state index contributed by atoms with van der Waals surface area (Å²) < 4.78 is 16.7. The minimum absolute atomic E-state index is 0.166. The second-order valence-electron chi connectivity index (χ2n) is 18.6. The number of rotatable bonds is 51. The highest BCUT2D eigenvalue weighted by Gasteiger charge is 2.20. The van der Waals surface area contributed by atoms with Crippen molar-refractivity contribution >= 4 is 17.9 Å². The summed E-state index contributed by atoms with van der Waals surface area (Å²) in [5.74, 6) is -1.14. The van der Waals surface area contributed by atoms with Crippen molar-refractivity contribution in [2.45, 2.75) is 263 Å². The van der Waals surface area contributed by atoms with E-state index in [-0.39, 0.29) is 62.7 Å². The summed E-state index contributed by atoms with van der Waals surface area (Å²) in [7, 11) is 0. The van der Waals surface area contributed by atoms with Gasteiger partial charge in [0.05, 0.1) is 0 Å². The van der Waals surface area contributed by atoms with Crippen molar-refractivity contribution in [1.29, 1.82) is 0 Å². The lowest BCUT2D eigenvalue weighted by molar-refractivity contribution is -0.267. The van der Waals surface area contributed by atoms with E-state index in [2.05, 4.69) is 53.7 Å². The average molecular weight is 989 g/mol. The molecule has 12 nitrogen and oxygen atoms in total. The third-order valence-corrected chi connectivity index (χ3v) is 12.1. The molecule has 0 rings (SSSR count). The minimum atomic E-state index is -0.875. The predicted octanol–water partition coefficient (Wildman–Crippen LogP) is 16.2. The second kappa shape index (κ2) is 53.4. The van der Waals surface area contributed by atoms with Crippen LogP contribution in [0.4, 0.5) is 0 Å². The fourth-order valence-corrected chi connectivity index (χ4v) is 7.67. The number of hydrogen-bond acceptors (Lipinski definition) is 12. The van der Waals surface area contributed by atoms with Gasteiger partial charge in [0.25, 0.3) is 0 Å². The molecule has 0 saturated heterocycles. The van der Waals surface area contributed by atoms with E-state index in [1.165, 1.54) is 25.7 Å². The molecule has 3 N–H and O–H groups in total. The lowest BCUT2D eigenvalue weighted by atomic mass is 10.1. The van der Waals surface area contributed by atoms with Crippen LogP contribution in [0.25, 0.3) is 0 Å². The number of unbranched alkanes of at least 4 members (excludes halogenated alkanes) is 22. The van der Waals surface area contributed by atoms with Gasteiger partial charge in [-0.1, -0.05) is 216 Å². The van der Waals surface area contributed by atoms with Crippen LogP contribution in [0.2, 0.25) is 0 Å². The van der Waals surface area contributed by atoms with Gasteiger partial charge in [0.1, 0.15) is 31.5 Å². The van der Waals surface area contributed by atoms with Gasteiger partial charge < -0.3 is 14.2 Å². The van der Waals surface area contributed by atoms with Gasteiger partial charge in [-0.05, 0) is 77.0 Å². The van der Waals surface area contributed by atoms with Crippen molar-refractivity contribution < 1.29 is 59.0 Å². The van der Waals surface area contributed by atoms with E-state index < -0.39 is 12.1 Å². The maximum absolute atomic E-state index is 12.9. The molecule has 0 aliphatic rings. The summed E-state index contributed by atoms with van der Waals surface area (Å²) in [5, 5.41) is 27.4. The Bertz CT molecular complexity index is 1370. The van der Waals surface area contributed by atoms with Crippen LogP contribution in [-0.2, 0) is 43.3 Å². The molecule has 0 saturated carbocycles. The molecule has 0 spiro atoms. The Kier molecular flexibility index (Phi) is 50.8. The number of hydrogen-bond donors (Lipinski definition) is 3. The maximum atomic E-state index is 12.9. The van der Waals surface area contributed by atoms with Gasteiger partial charge >= 0.3 is 17.9 Å². The van der Waals surface area contributed by atoms with Crippen molar-refractivity contribution in [1.82, 2.24) is 0 Å². The van der Waals surface area contributed by atoms with Crippen molar-refractivity contribution in [3.8, 4) is 0 Å². The molecule has 0 amide bonds. The Hall–Kier alpha value is -3.39. The predicted molar refractivity (Wildman–Crippen MR) is 283 cm³/mol. The molecule has 4 atom stereocenters. The molecule has 12 heteroatoms. The van der Waals surface area contributed by atoms with Crippen LogP contribution in [-0.4, -0.2) is 71.3 Å². The molecule has 0 radical (unpaired) electrons. The molecule has 0 bridgehead atoms. The molecule has 0 heterocycles. The lowest BCUT2D eigenvalue weighted by Crippen LogP contribution is -2.30. The highest BCUT2D eigenvalue weighted by molar-refractivity contribution is 5.71. The smallest absolute Gasteiger partial charge is 0.306 e. The molecule has 0 aromatic heterocycles. The molecule has 70 heavy (non-hydrogen) atoms. The number of allylic oxidation sites excluding steroid dienone is 9. The molecule has 4 unspecified atom stereocenters. The van der Waals surface area contributed by atoms with Gasteiger partial charge in [-0.15, -0.1) is 0 Å². The Morgan fingerprint density at radius 1 is 0.371 bits per heavy atom. The van der Waals surface area contributed by atoms with Gasteiger partial charge in [0.2, 0.25) is 0 Å². The zero-order valence-corrected chi connectivity index (χ0v) is 44.2.